The summed E-state index contributed by atoms with van der Waals surface area (Å²) in [4.78, 5) is 0. The molecular weight excluding hydrogens is 164 g/mol. The zero-order chi connectivity index (χ0) is 4.83. The molecule has 0 saturated heterocycles. The third-order valence-electron chi connectivity index (χ3n) is 0.200. The summed E-state index contributed by atoms with van der Waals surface area (Å²) in [6, 6.07) is 0. The van der Waals surface area contributed by atoms with E-state index in [1.165, 1.54) is 0 Å². The Morgan fingerprint density at radius 3 is 1.22 bits per heavy atom. The number of hydrogen-bond acceptors (Lipinski definition) is 4. The van der Waals surface area contributed by atoms with Gasteiger partial charge in [-0.1, -0.05) is 10.3 Å². The van der Waals surface area contributed by atoms with Gasteiger partial charge >= 0.3 is 17.1 Å². The maximum atomic E-state index is 7.56. The minimum atomic E-state index is 0. The third-order valence-corrected chi connectivity index (χ3v) is 0.200. The molecule has 0 amide bonds. The van der Waals surface area contributed by atoms with Crippen molar-refractivity contribution in [1.82, 2.24) is 0 Å². The average molecular weight is 174 g/mol. The quantitative estimate of drug-likeness (QED) is 0.203. The Bertz CT molecular complexity index is 65.0. The normalized spacial score (nSPS) is 7.56. The van der Waals surface area contributed by atoms with Gasteiger partial charge in [-0.25, -0.2) is 0 Å². The Kier molecular flexibility index (Phi) is 68.4. The molecule has 0 aromatic carbocycles. The number of oxime groups is 2. The van der Waals surface area contributed by atoms with E-state index in [1.54, 1.807) is 0 Å². The first-order valence-corrected chi connectivity index (χ1v) is 1.25. The van der Waals surface area contributed by atoms with E-state index in [0.29, 0.717) is 0 Å². The second kappa shape index (κ2) is 26.0. The van der Waals surface area contributed by atoms with Crippen LogP contribution in [0.1, 0.15) is 0 Å². The molecule has 0 aromatic rings. The van der Waals surface area contributed by atoms with Crippen molar-refractivity contribution in [1.29, 1.82) is 0 Å². The van der Waals surface area contributed by atoms with Gasteiger partial charge in [-0.2, -0.15) is 0 Å². The topological polar surface area (TPSA) is 65.2 Å². The van der Waals surface area contributed by atoms with Gasteiger partial charge in [0.1, 0.15) is 0 Å². The van der Waals surface area contributed by atoms with Gasteiger partial charge in [-0.15, -0.1) is 0 Å². The summed E-state index contributed by atoms with van der Waals surface area (Å²) in [5.74, 6) is 0. The smallest absolute Gasteiger partial charge is 0.411 e. The minimum Gasteiger partial charge on any atom is -0.411 e. The number of rotatable bonds is 1. The van der Waals surface area contributed by atoms with Gasteiger partial charge in [0.05, 0.1) is 12.4 Å². The van der Waals surface area contributed by atoms with E-state index in [1.807, 2.05) is 0 Å². The van der Waals surface area contributed by atoms with E-state index >= 15 is 0 Å². The van der Waals surface area contributed by atoms with Crippen molar-refractivity contribution in [2.45, 2.75) is 0 Å². The van der Waals surface area contributed by atoms with Crippen molar-refractivity contribution in [3.05, 3.63) is 14.9 Å². The van der Waals surface area contributed by atoms with Crippen LogP contribution in [0, 0.1) is 14.9 Å². The van der Waals surface area contributed by atoms with E-state index in [4.69, 9.17) is 10.4 Å². The first kappa shape index (κ1) is 23.7. The fourth-order valence-electron chi connectivity index (χ4n) is 0.0596. The average Bonchev–Trinajstić information content (AvgIpc) is 1.61. The molecule has 0 bridgehead atoms. The fraction of sp³-hybridized carbons (Fsp3) is 0. The summed E-state index contributed by atoms with van der Waals surface area (Å²) >= 11 is 0. The molecule has 0 aliphatic carbocycles. The molecule has 0 unspecified atom stereocenters. The predicted octanol–water partition coefficient (Wildman–Crippen LogP) is 0.804. The summed E-state index contributed by atoms with van der Waals surface area (Å²) in [7, 11) is 0. The summed E-state index contributed by atoms with van der Waals surface area (Å²) in [5.41, 5.74) is 0. The molecule has 0 aliphatic rings. The van der Waals surface area contributed by atoms with Crippen LogP contribution in [0.2, 0.25) is 0 Å². The van der Waals surface area contributed by atoms with Crippen LogP contribution in [-0.4, -0.2) is 22.8 Å². The van der Waals surface area contributed by atoms with Gasteiger partial charge < -0.3 is 25.3 Å². The molecule has 2 N–H and O–H groups in total. The standard InChI is InChI=1S/C2H4N2O2.2CH3.Fe/c5-3-1-2-4-6;;;/h1-2,5-6H;2*1H3;/q;2*-1;+2. The Hall–Kier alpha value is -0.541. The molecule has 5 heteroatoms. The first-order valence-electron chi connectivity index (χ1n) is 1.25. The van der Waals surface area contributed by atoms with Crippen molar-refractivity contribution in [2.75, 3.05) is 0 Å². The molecule has 0 spiro atoms. The van der Waals surface area contributed by atoms with E-state index in [9.17, 15) is 0 Å². The number of nitrogens with zero attached hydrogens (tertiary/aromatic N) is 2. The molecule has 0 rings (SSSR count). The second-order valence-electron chi connectivity index (χ2n) is 0.529. The predicted molar refractivity (Wildman–Crippen MR) is 33.4 cm³/mol. The largest absolute Gasteiger partial charge is 2.00 e. The maximum absolute atomic E-state index is 7.56. The molecule has 0 atom stereocenters. The summed E-state index contributed by atoms with van der Waals surface area (Å²) < 4.78 is 0. The monoisotopic (exact) mass is 174 g/mol. The molecule has 0 saturated carbocycles. The summed E-state index contributed by atoms with van der Waals surface area (Å²) in [5, 5.41) is 20.1. The van der Waals surface area contributed by atoms with Crippen LogP contribution >= 0.6 is 0 Å². The Labute approximate surface area is 65.7 Å². The summed E-state index contributed by atoms with van der Waals surface area (Å²) in [6.45, 7) is 0. The SMILES string of the molecule is ON=CC=NO.[CH3-].[CH3-].[Fe+2]. The molecule has 0 radical (unpaired) electrons. The van der Waals surface area contributed by atoms with Crippen LogP contribution in [-0.2, 0) is 17.1 Å². The Morgan fingerprint density at radius 1 is 0.889 bits per heavy atom. The van der Waals surface area contributed by atoms with Crippen LogP contribution in [0.25, 0.3) is 0 Å². The first-order chi connectivity index (χ1) is 2.91. The second-order valence-corrected chi connectivity index (χ2v) is 0.529. The van der Waals surface area contributed by atoms with Crippen molar-refractivity contribution >= 4 is 12.4 Å². The van der Waals surface area contributed by atoms with Gasteiger partial charge in [0, 0.05) is 0 Å². The summed E-state index contributed by atoms with van der Waals surface area (Å²) in [6.07, 6.45) is 1.89. The van der Waals surface area contributed by atoms with Gasteiger partial charge in [0.2, 0.25) is 0 Å². The minimum absolute atomic E-state index is 0. The molecule has 4 nitrogen and oxygen atoms in total. The van der Waals surface area contributed by atoms with Crippen molar-refractivity contribution in [3.8, 4) is 0 Å². The Morgan fingerprint density at radius 2 is 1.11 bits per heavy atom. The van der Waals surface area contributed by atoms with E-state index in [-0.39, 0.29) is 31.9 Å². The van der Waals surface area contributed by atoms with E-state index in [2.05, 4.69) is 10.3 Å². The zero-order valence-electron chi connectivity index (χ0n) is 5.30. The van der Waals surface area contributed by atoms with Crippen molar-refractivity contribution in [3.63, 3.8) is 0 Å². The van der Waals surface area contributed by atoms with Gasteiger partial charge in [0.25, 0.3) is 0 Å². The van der Waals surface area contributed by atoms with E-state index in [0.717, 1.165) is 12.4 Å². The molecule has 56 valence electrons. The van der Waals surface area contributed by atoms with Crippen LogP contribution in [0.5, 0.6) is 0 Å². The van der Waals surface area contributed by atoms with Gasteiger partial charge in [-0.05, 0) is 0 Å². The molecular formula is C4H10FeN2O2. The van der Waals surface area contributed by atoms with Crippen LogP contribution in [0.4, 0.5) is 0 Å². The fourth-order valence-corrected chi connectivity index (χ4v) is 0.0596. The van der Waals surface area contributed by atoms with Crippen LogP contribution in [0.15, 0.2) is 10.3 Å². The Balaban J connectivity index is -0.0000000417. The molecule has 0 fully saturated rings. The van der Waals surface area contributed by atoms with Gasteiger partial charge in [-0.3, -0.25) is 0 Å². The van der Waals surface area contributed by atoms with Crippen LogP contribution in [0.3, 0.4) is 0 Å². The van der Waals surface area contributed by atoms with Gasteiger partial charge in [0.15, 0.2) is 0 Å². The number of hydrogen-bond donors (Lipinski definition) is 2. The van der Waals surface area contributed by atoms with Crippen molar-refractivity contribution < 1.29 is 27.5 Å². The maximum Gasteiger partial charge on any atom is 2.00 e. The molecule has 0 aliphatic heterocycles. The molecule has 0 heterocycles. The molecule has 0 aromatic heterocycles. The third kappa shape index (κ3) is 36.8. The van der Waals surface area contributed by atoms with Crippen molar-refractivity contribution in [2.24, 2.45) is 10.3 Å². The molecule has 9 heavy (non-hydrogen) atoms. The zero-order valence-corrected chi connectivity index (χ0v) is 6.40. The van der Waals surface area contributed by atoms with E-state index < -0.39 is 0 Å². The van der Waals surface area contributed by atoms with Crippen LogP contribution < -0.4 is 0 Å².